The van der Waals surface area contributed by atoms with E-state index >= 15 is 0 Å². The number of amides is 2. The highest BCUT2D eigenvalue weighted by Crippen LogP contribution is 2.34. The van der Waals surface area contributed by atoms with Crippen molar-refractivity contribution >= 4 is 53.1 Å². The number of likely N-dealkylation sites (tertiary alicyclic amines) is 1. The minimum Gasteiger partial charge on any atom is -0.342 e. The minimum absolute atomic E-state index is 0. The molecule has 5 nitrogen and oxygen atoms in total. The largest absolute Gasteiger partial charge is 0.342 e. The van der Waals surface area contributed by atoms with E-state index < -0.39 is 5.92 Å². The van der Waals surface area contributed by atoms with E-state index in [0.717, 1.165) is 38.9 Å². The first-order valence-corrected chi connectivity index (χ1v) is 9.96. The van der Waals surface area contributed by atoms with Crippen LogP contribution in [0.1, 0.15) is 25.7 Å². The van der Waals surface area contributed by atoms with Gasteiger partial charge in [-0.15, -0.1) is 12.4 Å². The lowest BCUT2D eigenvalue weighted by Crippen LogP contribution is -2.44. The summed E-state index contributed by atoms with van der Waals surface area (Å²) in [6.07, 6.45) is 3.69. The predicted octanol–water partition coefficient (Wildman–Crippen LogP) is 3.62. The molecule has 1 unspecified atom stereocenters. The summed E-state index contributed by atoms with van der Waals surface area (Å²) in [5.74, 6) is -0.148. The number of anilines is 1. The fraction of sp³-hybridized carbons (Fsp3) is 0.579. The van der Waals surface area contributed by atoms with Gasteiger partial charge in [-0.1, -0.05) is 23.2 Å². The van der Waals surface area contributed by atoms with Gasteiger partial charge in [0.05, 0.1) is 10.7 Å². The van der Waals surface area contributed by atoms with E-state index in [-0.39, 0.29) is 24.2 Å². The Labute approximate surface area is 176 Å². The van der Waals surface area contributed by atoms with E-state index in [4.69, 9.17) is 23.2 Å². The van der Waals surface area contributed by atoms with Crippen molar-refractivity contribution in [3.05, 3.63) is 28.2 Å². The molecule has 3 rings (SSSR count). The average molecular weight is 435 g/mol. The smallest absolute Gasteiger partial charge is 0.239 e. The van der Waals surface area contributed by atoms with Crippen LogP contribution in [0.4, 0.5) is 5.69 Å². The van der Waals surface area contributed by atoms with Crippen LogP contribution in [-0.2, 0) is 9.59 Å². The third-order valence-electron chi connectivity index (χ3n) is 5.43. The number of hydrogen-bond acceptors (Lipinski definition) is 3. The molecule has 1 atom stereocenters. The summed E-state index contributed by atoms with van der Waals surface area (Å²) in [5.41, 5.74) is 0.588. The van der Waals surface area contributed by atoms with Crippen molar-refractivity contribution in [1.29, 1.82) is 0 Å². The fourth-order valence-corrected chi connectivity index (χ4v) is 4.24. The molecule has 0 radical (unpaired) electrons. The van der Waals surface area contributed by atoms with Gasteiger partial charge in [0.25, 0.3) is 0 Å². The van der Waals surface area contributed by atoms with Crippen molar-refractivity contribution in [1.82, 2.24) is 10.2 Å². The highest BCUT2D eigenvalue weighted by Gasteiger charge is 2.40. The second kappa shape index (κ2) is 9.97. The van der Waals surface area contributed by atoms with Gasteiger partial charge >= 0.3 is 0 Å². The highest BCUT2D eigenvalue weighted by molar-refractivity contribution is 6.36. The Balaban J connectivity index is 0.00000261. The second-order valence-electron chi connectivity index (χ2n) is 7.09. The maximum absolute atomic E-state index is 12.9. The molecular formula is C19H26Cl3N3O2. The van der Waals surface area contributed by atoms with Gasteiger partial charge in [0.2, 0.25) is 11.8 Å². The first-order valence-electron chi connectivity index (χ1n) is 9.21. The Kier molecular flexibility index (Phi) is 8.22. The highest BCUT2D eigenvalue weighted by atomic mass is 35.5. The number of carbonyl (C=O) groups excluding carboxylic acids is 2. The molecule has 0 aromatic heterocycles. The Morgan fingerprint density at radius 1 is 1.19 bits per heavy atom. The van der Waals surface area contributed by atoms with E-state index in [9.17, 15) is 9.59 Å². The number of nitrogens with one attached hydrogen (secondary N) is 1. The van der Waals surface area contributed by atoms with Crippen LogP contribution in [-0.4, -0.2) is 49.9 Å². The van der Waals surface area contributed by atoms with Crippen molar-refractivity contribution < 1.29 is 9.59 Å². The Bertz CT molecular complexity index is 678. The first kappa shape index (κ1) is 22.3. The van der Waals surface area contributed by atoms with Crippen molar-refractivity contribution in [2.75, 3.05) is 38.1 Å². The third-order valence-corrected chi connectivity index (χ3v) is 5.99. The van der Waals surface area contributed by atoms with Crippen molar-refractivity contribution in [2.24, 2.45) is 11.8 Å². The van der Waals surface area contributed by atoms with Crippen LogP contribution in [0.25, 0.3) is 0 Å². The summed E-state index contributed by atoms with van der Waals surface area (Å²) in [4.78, 5) is 29.2. The minimum atomic E-state index is -0.598. The van der Waals surface area contributed by atoms with Gasteiger partial charge in [-0.2, -0.15) is 0 Å². The van der Waals surface area contributed by atoms with Crippen molar-refractivity contribution in [3.8, 4) is 0 Å². The number of carbonyl (C=O) groups is 2. The summed E-state index contributed by atoms with van der Waals surface area (Å²) in [5, 5.41) is 4.17. The van der Waals surface area contributed by atoms with Crippen LogP contribution in [0, 0.1) is 11.8 Å². The summed E-state index contributed by atoms with van der Waals surface area (Å²) < 4.78 is 0. The maximum Gasteiger partial charge on any atom is 0.239 e. The molecule has 8 heteroatoms. The zero-order valence-electron chi connectivity index (χ0n) is 15.4. The van der Waals surface area contributed by atoms with Gasteiger partial charge in [0.15, 0.2) is 0 Å². The van der Waals surface area contributed by atoms with Gasteiger partial charge in [-0.3, -0.25) is 9.59 Å². The molecule has 0 aliphatic carbocycles. The number of piperidine rings is 1. The molecule has 2 aliphatic heterocycles. The number of hydrogen-bond donors (Lipinski definition) is 1. The van der Waals surface area contributed by atoms with E-state index in [1.165, 1.54) is 0 Å². The topological polar surface area (TPSA) is 52.7 Å². The normalized spacial score (nSPS) is 20.7. The molecule has 27 heavy (non-hydrogen) atoms. The fourth-order valence-electron chi connectivity index (χ4n) is 3.85. The van der Waals surface area contributed by atoms with Gasteiger partial charge in [0.1, 0.15) is 5.92 Å². The molecule has 0 saturated carbocycles. The monoisotopic (exact) mass is 433 g/mol. The molecule has 2 aliphatic rings. The van der Waals surface area contributed by atoms with Crippen LogP contribution in [0.5, 0.6) is 0 Å². The maximum atomic E-state index is 12.9. The predicted molar refractivity (Wildman–Crippen MR) is 112 cm³/mol. The molecule has 150 valence electrons. The van der Waals surface area contributed by atoms with Crippen LogP contribution < -0.4 is 10.2 Å². The standard InChI is InChI=1S/C19H25Cl2N3O2.ClH/c1-22-8-4-13-5-9-23(10-6-13)18(25)15-7-11-24(19(15)26)17-12-14(20)2-3-16(17)21;/h2-3,12-13,15,22H,4-11H2,1H3;1H. The summed E-state index contributed by atoms with van der Waals surface area (Å²) in [6, 6.07) is 5.05. The SMILES string of the molecule is CNCCC1CCN(C(=O)C2CCN(c3cc(Cl)ccc3Cl)C2=O)CC1.Cl. The van der Waals surface area contributed by atoms with Gasteiger partial charge < -0.3 is 15.1 Å². The van der Waals surface area contributed by atoms with E-state index in [1.807, 2.05) is 11.9 Å². The lowest BCUT2D eigenvalue weighted by Gasteiger charge is -2.33. The second-order valence-corrected chi connectivity index (χ2v) is 7.93. The molecule has 1 N–H and O–H groups in total. The van der Waals surface area contributed by atoms with Crippen LogP contribution in [0.15, 0.2) is 18.2 Å². The summed E-state index contributed by atoms with van der Waals surface area (Å²) in [7, 11) is 1.96. The molecular weight excluding hydrogens is 409 g/mol. The molecule has 1 aromatic carbocycles. The molecule has 2 amide bonds. The molecule has 0 spiro atoms. The first-order chi connectivity index (χ1) is 12.5. The number of benzene rings is 1. The Hall–Kier alpha value is -1.01. The Morgan fingerprint density at radius 3 is 2.56 bits per heavy atom. The van der Waals surface area contributed by atoms with E-state index in [1.54, 1.807) is 23.1 Å². The number of rotatable bonds is 5. The van der Waals surface area contributed by atoms with Crippen LogP contribution in [0.3, 0.4) is 0 Å². The lowest BCUT2D eigenvalue weighted by molar-refractivity contribution is -0.141. The zero-order valence-corrected chi connectivity index (χ0v) is 17.7. The van der Waals surface area contributed by atoms with E-state index in [0.29, 0.717) is 34.6 Å². The molecule has 1 aromatic rings. The van der Waals surface area contributed by atoms with Crippen molar-refractivity contribution in [3.63, 3.8) is 0 Å². The lowest BCUT2D eigenvalue weighted by atomic mass is 9.92. The molecule has 2 fully saturated rings. The van der Waals surface area contributed by atoms with Gasteiger partial charge in [0, 0.05) is 24.7 Å². The summed E-state index contributed by atoms with van der Waals surface area (Å²) >= 11 is 12.3. The Morgan fingerprint density at radius 2 is 1.89 bits per heavy atom. The van der Waals surface area contributed by atoms with Crippen LogP contribution >= 0.6 is 35.6 Å². The van der Waals surface area contributed by atoms with Crippen LogP contribution in [0.2, 0.25) is 10.0 Å². The third kappa shape index (κ3) is 5.08. The quantitative estimate of drug-likeness (QED) is 0.720. The molecule has 2 saturated heterocycles. The number of nitrogens with zero attached hydrogens (tertiary/aromatic N) is 2. The number of halogens is 3. The van der Waals surface area contributed by atoms with Gasteiger partial charge in [-0.05, 0) is 63.4 Å². The van der Waals surface area contributed by atoms with Crippen molar-refractivity contribution in [2.45, 2.75) is 25.7 Å². The van der Waals surface area contributed by atoms with Gasteiger partial charge in [-0.25, -0.2) is 0 Å². The van der Waals surface area contributed by atoms with E-state index in [2.05, 4.69) is 5.32 Å². The zero-order chi connectivity index (χ0) is 18.7. The molecule has 0 bridgehead atoms. The molecule has 2 heterocycles. The summed E-state index contributed by atoms with van der Waals surface area (Å²) in [6.45, 7) is 2.99. The average Bonchev–Trinajstić information content (AvgIpc) is 3.03.